The SMILES string of the molecule is Cc1cc2c3c(c1)N(c1ccc(C(C)(C)C)cc1)c1ccc(C(C)(C)C)cc1B3C1=C(C3=C(C4=CC41)C(C)(C)CCC3(C)C)N2c1ccc(C(C)(C)C)cc1-c1ccc2c(c1)C(C)(C)CCC2(C)C. The molecule has 0 saturated heterocycles. The topological polar surface area (TPSA) is 6.48 Å². The molecule has 0 amide bonds. The van der Waals surface area contributed by atoms with E-state index in [-0.39, 0.29) is 44.6 Å². The Morgan fingerprint density at radius 2 is 1.01 bits per heavy atom. The van der Waals surface area contributed by atoms with Gasteiger partial charge in [0.15, 0.2) is 0 Å². The molecular weight excluding hydrogens is 832 g/mol. The first-order valence-electron chi connectivity index (χ1n) is 26.5. The van der Waals surface area contributed by atoms with E-state index in [0.29, 0.717) is 5.92 Å². The highest BCUT2D eigenvalue weighted by Gasteiger charge is 2.57. The molecule has 0 aromatic heterocycles. The van der Waals surface area contributed by atoms with Crippen LogP contribution in [0.4, 0.5) is 28.4 Å². The van der Waals surface area contributed by atoms with E-state index in [1.165, 1.54) is 109 Å². The van der Waals surface area contributed by atoms with Crippen LogP contribution in [0.3, 0.4) is 0 Å². The Bertz CT molecular complexity index is 3120. The molecule has 0 N–H and O–H groups in total. The van der Waals surface area contributed by atoms with Gasteiger partial charge in [-0.1, -0.05) is 178 Å². The summed E-state index contributed by atoms with van der Waals surface area (Å²) in [5.41, 5.74) is 28.6. The van der Waals surface area contributed by atoms with Crippen molar-refractivity contribution in [2.45, 2.75) is 177 Å². The normalized spacial score (nSPS) is 21.4. The minimum Gasteiger partial charge on any atom is -0.311 e. The van der Waals surface area contributed by atoms with Crippen LogP contribution in [0.25, 0.3) is 11.1 Å². The number of hydrogen-bond acceptors (Lipinski definition) is 2. The predicted molar refractivity (Wildman–Crippen MR) is 299 cm³/mol. The van der Waals surface area contributed by atoms with E-state index in [0.717, 1.165) is 6.42 Å². The molecule has 0 fully saturated rings. The Morgan fingerprint density at radius 3 is 1.62 bits per heavy atom. The van der Waals surface area contributed by atoms with Gasteiger partial charge in [0.2, 0.25) is 6.71 Å². The van der Waals surface area contributed by atoms with Gasteiger partial charge in [-0.3, -0.25) is 0 Å². The van der Waals surface area contributed by atoms with Gasteiger partial charge >= 0.3 is 0 Å². The second-order valence-corrected chi connectivity index (χ2v) is 28.1. The van der Waals surface area contributed by atoms with Gasteiger partial charge in [0.25, 0.3) is 0 Å². The Hall–Kier alpha value is -5.02. The monoisotopic (exact) mass is 911 g/mol. The minimum atomic E-state index is -0.0270. The van der Waals surface area contributed by atoms with Crippen LogP contribution in [0, 0.1) is 23.7 Å². The molecule has 0 spiro atoms. The van der Waals surface area contributed by atoms with E-state index in [4.69, 9.17) is 0 Å². The summed E-state index contributed by atoms with van der Waals surface area (Å²) in [6.45, 7) is 43.8. The fourth-order valence-corrected chi connectivity index (χ4v) is 13.4. The first-order chi connectivity index (χ1) is 32.0. The minimum absolute atomic E-state index is 0.00842. The summed E-state index contributed by atoms with van der Waals surface area (Å²) < 4.78 is 0. The van der Waals surface area contributed by atoms with Crippen molar-refractivity contribution in [1.82, 2.24) is 0 Å². The fourth-order valence-electron chi connectivity index (χ4n) is 13.4. The van der Waals surface area contributed by atoms with Crippen LogP contribution < -0.4 is 20.7 Å². The lowest BCUT2D eigenvalue weighted by Crippen LogP contribution is -2.58. The third-order valence-corrected chi connectivity index (χ3v) is 18.0. The molecule has 0 saturated carbocycles. The van der Waals surface area contributed by atoms with Gasteiger partial charge < -0.3 is 9.80 Å². The first kappa shape index (κ1) is 46.4. The fraction of sp³-hybridized carbons (Fsp3) is 0.455. The average Bonchev–Trinajstić information content (AvgIpc) is 4.06. The van der Waals surface area contributed by atoms with Crippen molar-refractivity contribution in [3.63, 3.8) is 0 Å². The summed E-state index contributed by atoms with van der Waals surface area (Å²) in [6.07, 6.45) is 7.42. The van der Waals surface area contributed by atoms with Gasteiger partial charge in [0.05, 0.1) is 5.69 Å². The van der Waals surface area contributed by atoms with Gasteiger partial charge in [0, 0.05) is 39.9 Å². The van der Waals surface area contributed by atoms with E-state index in [9.17, 15) is 0 Å². The maximum Gasteiger partial charge on any atom is 0.248 e. The molecule has 0 bridgehead atoms. The lowest BCUT2D eigenvalue weighted by Gasteiger charge is -2.53. The molecular formula is C66H79BN2. The Labute approximate surface area is 417 Å². The molecule has 2 nitrogen and oxygen atoms in total. The molecule has 3 heteroatoms. The van der Waals surface area contributed by atoms with Crippen molar-refractivity contribution in [3.05, 3.63) is 158 Å². The van der Waals surface area contributed by atoms with Crippen molar-refractivity contribution >= 4 is 46.1 Å². The third-order valence-electron chi connectivity index (χ3n) is 18.0. The molecule has 356 valence electrons. The Balaban J connectivity index is 1.27. The highest BCUT2D eigenvalue weighted by molar-refractivity contribution is 6.95. The number of rotatable bonds is 3. The molecule has 0 radical (unpaired) electrons. The Kier molecular flexibility index (Phi) is 9.78. The molecule has 11 rings (SSSR count). The van der Waals surface area contributed by atoms with Gasteiger partial charge in [-0.05, 0) is 180 Å². The smallest absolute Gasteiger partial charge is 0.248 e. The average molecular weight is 911 g/mol. The summed E-state index contributed by atoms with van der Waals surface area (Å²) >= 11 is 0. The lowest BCUT2D eigenvalue weighted by molar-refractivity contribution is 0.266. The molecule has 5 aromatic rings. The summed E-state index contributed by atoms with van der Waals surface area (Å²) in [5, 5.41) is 0. The van der Waals surface area contributed by atoms with E-state index in [1.807, 2.05) is 0 Å². The highest BCUT2D eigenvalue weighted by atomic mass is 15.2. The van der Waals surface area contributed by atoms with Crippen molar-refractivity contribution in [2.75, 3.05) is 9.80 Å². The van der Waals surface area contributed by atoms with Crippen LogP contribution in [0.15, 0.2) is 125 Å². The second-order valence-electron chi connectivity index (χ2n) is 28.1. The van der Waals surface area contributed by atoms with Crippen molar-refractivity contribution in [2.24, 2.45) is 16.7 Å². The molecule has 69 heavy (non-hydrogen) atoms. The van der Waals surface area contributed by atoms with Crippen LogP contribution in [0.1, 0.15) is 177 Å². The van der Waals surface area contributed by atoms with Crippen LogP contribution in [-0.2, 0) is 27.1 Å². The number of anilines is 5. The van der Waals surface area contributed by atoms with Gasteiger partial charge in [-0.15, -0.1) is 0 Å². The van der Waals surface area contributed by atoms with Gasteiger partial charge in [-0.2, -0.15) is 0 Å². The number of aryl methyl sites for hydroxylation is 1. The standard InChI is InChI=1S/C66H79BN2/c1-39-33-53-58-54(34-39)69(51-27-22-42(61(5,6)7)36-45(51)40-19-26-48-49(35-40)64(13,14)30-29-63(48,11)12)59-56-55(65(15,16)31-32-66(56,17)18)46-38-47(46)57(59)67(58)50-37-43(62(8,9)10)23-28-52(50)68(53)44-24-20-41(21-25-44)60(2,3)4/h19-28,33-38,47H,29-32H2,1-18H3. The molecule has 1 unspecified atom stereocenters. The number of benzene rings is 5. The molecule has 4 aliphatic carbocycles. The van der Waals surface area contributed by atoms with E-state index in [1.54, 1.807) is 22.2 Å². The third kappa shape index (κ3) is 7.07. The summed E-state index contributed by atoms with van der Waals surface area (Å²) in [6, 6.07) is 37.2. The van der Waals surface area contributed by atoms with Gasteiger partial charge in [-0.25, -0.2) is 0 Å². The molecule has 1 atom stereocenters. The van der Waals surface area contributed by atoms with Gasteiger partial charge in [0.1, 0.15) is 0 Å². The largest absolute Gasteiger partial charge is 0.311 e. The van der Waals surface area contributed by atoms with E-state index < -0.39 is 0 Å². The summed E-state index contributed by atoms with van der Waals surface area (Å²) in [5.74, 6) is 0.301. The van der Waals surface area contributed by atoms with E-state index >= 15 is 0 Å². The highest BCUT2D eigenvalue weighted by Crippen LogP contribution is 2.66. The molecule has 2 heterocycles. The predicted octanol–water partition coefficient (Wildman–Crippen LogP) is 17.0. The number of allylic oxidation sites excluding steroid dienone is 5. The van der Waals surface area contributed by atoms with Crippen molar-refractivity contribution in [1.29, 1.82) is 0 Å². The molecule has 5 aromatic carbocycles. The summed E-state index contributed by atoms with van der Waals surface area (Å²) in [4.78, 5) is 5.47. The zero-order valence-electron chi connectivity index (χ0n) is 45.6. The van der Waals surface area contributed by atoms with Crippen LogP contribution >= 0.6 is 0 Å². The zero-order chi connectivity index (χ0) is 49.5. The maximum atomic E-state index is 2.84. The van der Waals surface area contributed by atoms with E-state index in [2.05, 4.69) is 231 Å². The van der Waals surface area contributed by atoms with Crippen LogP contribution in [0.2, 0.25) is 0 Å². The number of fused-ring (bicyclic) bond motifs is 8. The maximum absolute atomic E-state index is 2.84. The number of nitrogens with zero attached hydrogens (tertiary/aromatic N) is 2. The second kappa shape index (κ2) is 14.5. The summed E-state index contributed by atoms with van der Waals surface area (Å²) in [7, 11) is 0. The van der Waals surface area contributed by atoms with Crippen molar-refractivity contribution in [3.8, 4) is 11.1 Å². The Morgan fingerprint density at radius 1 is 0.493 bits per heavy atom. The van der Waals surface area contributed by atoms with Crippen molar-refractivity contribution < 1.29 is 0 Å². The molecule has 2 aliphatic heterocycles. The van der Waals surface area contributed by atoms with Crippen LogP contribution in [0.5, 0.6) is 0 Å². The lowest BCUT2D eigenvalue weighted by atomic mass is 9.30. The number of hydrogen-bond donors (Lipinski definition) is 0. The quantitative estimate of drug-likeness (QED) is 0.166. The van der Waals surface area contributed by atoms with Crippen LogP contribution in [-0.4, -0.2) is 6.71 Å². The zero-order valence-corrected chi connectivity index (χ0v) is 45.6. The molecule has 6 aliphatic rings. The first-order valence-corrected chi connectivity index (χ1v) is 26.5.